The highest BCUT2D eigenvalue weighted by atomic mass is 16.5. The SMILES string of the molecule is COc1ccc(C)cc1/C(O)=C1\C(=O)C(=O)N(c2cccc(C(=O)OC(C)C)c2)C1c1ccncc1. The predicted octanol–water partition coefficient (Wildman–Crippen LogP) is 4.59. The molecule has 184 valence electrons. The fourth-order valence-electron chi connectivity index (χ4n) is 4.18. The van der Waals surface area contributed by atoms with Crippen LogP contribution in [0.15, 0.2) is 72.6 Å². The minimum absolute atomic E-state index is 0.0924. The van der Waals surface area contributed by atoms with Crippen molar-refractivity contribution in [1.82, 2.24) is 4.98 Å². The van der Waals surface area contributed by atoms with Gasteiger partial charge < -0.3 is 14.6 Å². The maximum absolute atomic E-state index is 13.4. The number of Topliss-reactive ketones (excluding diaryl/α,β-unsaturated/α-hetero) is 1. The summed E-state index contributed by atoms with van der Waals surface area (Å²) in [6, 6.07) is 13.9. The average Bonchev–Trinajstić information content (AvgIpc) is 3.14. The molecule has 0 radical (unpaired) electrons. The molecule has 2 aromatic carbocycles. The highest BCUT2D eigenvalue weighted by Crippen LogP contribution is 2.43. The standard InChI is InChI=1S/C28H26N2O6/c1-16(2)36-28(34)19-6-5-7-20(15-19)30-24(18-10-12-29-13-11-18)23(26(32)27(30)33)25(31)21-14-17(3)8-9-22(21)35-4/h5-16,24,31H,1-4H3/b25-23+. The Bertz CT molecular complexity index is 1360. The molecule has 0 saturated carbocycles. The van der Waals surface area contributed by atoms with Gasteiger partial charge in [-0.2, -0.15) is 0 Å². The number of hydrogen-bond acceptors (Lipinski definition) is 7. The number of methoxy groups -OCH3 is 1. The Labute approximate surface area is 208 Å². The van der Waals surface area contributed by atoms with Crippen molar-refractivity contribution in [2.75, 3.05) is 12.0 Å². The average molecular weight is 487 g/mol. The lowest BCUT2D eigenvalue weighted by Crippen LogP contribution is -2.29. The van der Waals surface area contributed by atoms with Gasteiger partial charge in [0.05, 0.1) is 36.0 Å². The largest absolute Gasteiger partial charge is 0.507 e. The number of anilines is 1. The van der Waals surface area contributed by atoms with E-state index in [0.29, 0.717) is 22.6 Å². The van der Waals surface area contributed by atoms with Gasteiger partial charge in [-0.1, -0.05) is 17.7 Å². The van der Waals surface area contributed by atoms with Crippen LogP contribution in [0.5, 0.6) is 5.75 Å². The number of aryl methyl sites for hydroxylation is 1. The molecular weight excluding hydrogens is 460 g/mol. The quantitative estimate of drug-likeness (QED) is 0.235. The summed E-state index contributed by atoms with van der Waals surface area (Å²) < 4.78 is 10.7. The molecule has 1 N–H and O–H groups in total. The van der Waals surface area contributed by atoms with Crippen LogP contribution >= 0.6 is 0 Å². The van der Waals surface area contributed by atoms with Crippen LogP contribution in [0.1, 0.15) is 46.9 Å². The zero-order valence-corrected chi connectivity index (χ0v) is 20.4. The summed E-state index contributed by atoms with van der Waals surface area (Å²) in [6.07, 6.45) is 2.76. The van der Waals surface area contributed by atoms with Crippen molar-refractivity contribution in [2.24, 2.45) is 0 Å². The molecule has 1 atom stereocenters. The number of aromatic nitrogens is 1. The number of ether oxygens (including phenoxy) is 2. The van der Waals surface area contributed by atoms with Crippen molar-refractivity contribution in [1.29, 1.82) is 0 Å². The molecule has 4 rings (SSSR count). The van der Waals surface area contributed by atoms with Gasteiger partial charge in [0.2, 0.25) is 0 Å². The number of hydrogen-bond donors (Lipinski definition) is 1. The number of aliphatic hydroxyl groups is 1. The monoisotopic (exact) mass is 486 g/mol. The molecule has 8 heteroatoms. The Morgan fingerprint density at radius 3 is 2.44 bits per heavy atom. The van der Waals surface area contributed by atoms with Crippen LogP contribution < -0.4 is 9.64 Å². The second-order valence-corrected chi connectivity index (χ2v) is 8.66. The third-order valence-electron chi connectivity index (χ3n) is 5.78. The Morgan fingerprint density at radius 2 is 1.78 bits per heavy atom. The molecule has 8 nitrogen and oxygen atoms in total. The van der Waals surface area contributed by atoms with Gasteiger partial charge in [-0.05, 0) is 68.8 Å². The van der Waals surface area contributed by atoms with E-state index in [4.69, 9.17) is 9.47 Å². The van der Waals surface area contributed by atoms with Crippen LogP contribution in [0.25, 0.3) is 5.76 Å². The molecule has 1 aromatic heterocycles. The van der Waals surface area contributed by atoms with E-state index in [-0.39, 0.29) is 23.0 Å². The van der Waals surface area contributed by atoms with E-state index < -0.39 is 23.7 Å². The van der Waals surface area contributed by atoms with Crippen molar-refractivity contribution < 1.29 is 29.0 Å². The van der Waals surface area contributed by atoms with Crippen molar-refractivity contribution in [3.8, 4) is 5.75 Å². The predicted molar refractivity (Wildman–Crippen MR) is 134 cm³/mol. The number of pyridine rings is 1. The third-order valence-corrected chi connectivity index (χ3v) is 5.78. The molecular formula is C28H26N2O6. The van der Waals surface area contributed by atoms with Gasteiger partial charge >= 0.3 is 5.97 Å². The minimum Gasteiger partial charge on any atom is -0.507 e. The number of aliphatic hydroxyl groups excluding tert-OH is 1. The van der Waals surface area contributed by atoms with Crippen LogP contribution in [-0.4, -0.2) is 41.0 Å². The number of rotatable bonds is 6. The lowest BCUT2D eigenvalue weighted by Gasteiger charge is -2.26. The van der Waals surface area contributed by atoms with Gasteiger partial charge in [0.1, 0.15) is 11.5 Å². The summed E-state index contributed by atoms with van der Waals surface area (Å²) in [5.41, 5.74) is 2.15. The van der Waals surface area contributed by atoms with Gasteiger partial charge in [0.15, 0.2) is 0 Å². The zero-order chi connectivity index (χ0) is 26.0. The van der Waals surface area contributed by atoms with Crippen molar-refractivity contribution in [3.63, 3.8) is 0 Å². The molecule has 1 unspecified atom stereocenters. The number of esters is 1. The van der Waals surface area contributed by atoms with E-state index >= 15 is 0 Å². The Hall–Kier alpha value is -4.46. The van der Waals surface area contributed by atoms with Crippen molar-refractivity contribution in [2.45, 2.75) is 32.9 Å². The first kappa shape index (κ1) is 24.7. The highest BCUT2D eigenvalue weighted by molar-refractivity contribution is 6.51. The Kier molecular flexibility index (Phi) is 6.87. The number of ketones is 1. The Balaban J connectivity index is 1.92. The smallest absolute Gasteiger partial charge is 0.338 e. The van der Waals surface area contributed by atoms with Crippen LogP contribution in [0.4, 0.5) is 5.69 Å². The maximum Gasteiger partial charge on any atom is 0.338 e. The summed E-state index contributed by atoms with van der Waals surface area (Å²) in [6.45, 7) is 5.32. The van der Waals surface area contributed by atoms with Gasteiger partial charge in [-0.15, -0.1) is 0 Å². The molecule has 0 bridgehead atoms. The molecule has 1 saturated heterocycles. The molecule has 0 aliphatic carbocycles. The topological polar surface area (TPSA) is 106 Å². The highest BCUT2D eigenvalue weighted by Gasteiger charge is 2.47. The summed E-state index contributed by atoms with van der Waals surface area (Å²) in [5.74, 6) is -2.23. The molecule has 1 fully saturated rings. The summed E-state index contributed by atoms with van der Waals surface area (Å²) in [7, 11) is 1.46. The number of amides is 1. The molecule has 36 heavy (non-hydrogen) atoms. The molecule has 1 amide bonds. The summed E-state index contributed by atoms with van der Waals surface area (Å²) in [4.78, 5) is 44.6. The maximum atomic E-state index is 13.4. The van der Waals surface area contributed by atoms with Crippen molar-refractivity contribution >= 4 is 29.1 Å². The number of carbonyl (C=O) groups excluding carboxylic acids is 3. The van der Waals surface area contributed by atoms with Gasteiger partial charge in [0, 0.05) is 18.1 Å². The van der Waals surface area contributed by atoms with Crippen LogP contribution in [0.2, 0.25) is 0 Å². The fourth-order valence-corrected chi connectivity index (χ4v) is 4.18. The lowest BCUT2D eigenvalue weighted by atomic mass is 9.95. The van der Waals surface area contributed by atoms with Crippen LogP contribution in [0, 0.1) is 6.92 Å². The van der Waals surface area contributed by atoms with E-state index in [2.05, 4.69) is 4.98 Å². The van der Waals surface area contributed by atoms with Gasteiger partial charge in [-0.3, -0.25) is 19.5 Å². The first-order valence-electron chi connectivity index (χ1n) is 11.4. The minimum atomic E-state index is -0.963. The fraction of sp³-hybridized carbons (Fsp3) is 0.214. The first-order chi connectivity index (χ1) is 17.2. The summed E-state index contributed by atoms with van der Waals surface area (Å²) in [5, 5.41) is 11.4. The van der Waals surface area contributed by atoms with Crippen molar-refractivity contribution in [3.05, 3.63) is 94.8 Å². The van der Waals surface area contributed by atoms with Gasteiger partial charge in [0.25, 0.3) is 11.7 Å². The van der Waals surface area contributed by atoms with E-state index in [0.717, 1.165) is 5.56 Å². The first-order valence-corrected chi connectivity index (χ1v) is 11.4. The lowest BCUT2D eigenvalue weighted by molar-refractivity contribution is -0.132. The van der Waals surface area contributed by atoms with E-state index in [1.807, 2.05) is 13.0 Å². The second kappa shape index (κ2) is 10.0. The van der Waals surface area contributed by atoms with Crippen LogP contribution in [-0.2, 0) is 14.3 Å². The normalized spacial score (nSPS) is 16.9. The number of carbonyl (C=O) groups is 3. The molecule has 2 heterocycles. The number of nitrogens with zero attached hydrogens (tertiary/aromatic N) is 2. The summed E-state index contributed by atoms with van der Waals surface area (Å²) >= 11 is 0. The van der Waals surface area contributed by atoms with E-state index in [1.165, 1.54) is 18.1 Å². The third kappa shape index (κ3) is 4.57. The number of benzene rings is 2. The zero-order valence-electron chi connectivity index (χ0n) is 20.4. The molecule has 3 aromatic rings. The second-order valence-electron chi connectivity index (χ2n) is 8.66. The van der Waals surface area contributed by atoms with Gasteiger partial charge in [-0.25, -0.2) is 4.79 Å². The van der Waals surface area contributed by atoms with E-state index in [1.54, 1.807) is 68.7 Å². The molecule has 0 spiro atoms. The van der Waals surface area contributed by atoms with Crippen LogP contribution in [0.3, 0.4) is 0 Å². The molecule has 1 aliphatic heterocycles. The molecule has 1 aliphatic rings. The van der Waals surface area contributed by atoms with E-state index in [9.17, 15) is 19.5 Å². The Morgan fingerprint density at radius 1 is 1.06 bits per heavy atom.